The van der Waals surface area contributed by atoms with E-state index < -0.39 is 12.1 Å². The van der Waals surface area contributed by atoms with E-state index in [0.29, 0.717) is 31.5 Å². The quantitative estimate of drug-likeness (QED) is 0.398. The lowest BCUT2D eigenvalue weighted by Crippen LogP contribution is -2.46. The number of alkyl halides is 3. The third kappa shape index (κ3) is 6.96. The zero-order chi connectivity index (χ0) is 25.9. The molecule has 4 nitrogen and oxygen atoms in total. The summed E-state index contributed by atoms with van der Waals surface area (Å²) < 4.78 is 41.2. The van der Waals surface area contributed by atoms with Gasteiger partial charge >= 0.3 is 6.18 Å². The Balaban J connectivity index is 1.74. The minimum atomic E-state index is -4.61. The molecule has 2 radical (unpaired) electrons. The monoisotopic (exact) mass is 542 g/mol. The fraction of sp³-hybridized carbons (Fsp3) is 0.333. The number of nitrogens with one attached hydrogen (secondary N) is 1. The first-order valence-corrected chi connectivity index (χ1v) is 11.9. The summed E-state index contributed by atoms with van der Waals surface area (Å²) in [6.07, 6.45) is -1.12. The van der Waals surface area contributed by atoms with Gasteiger partial charge in [0.15, 0.2) is 0 Å². The summed E-state index contributed by atoms with van der Waals surface area (Å²) in [6.45, 7) is 2.63. The molecule has 2 aromatic rings. The highest BCUT2D eigenvalue weighted by molar-refractivity contribution is 6.48. The van der Waals surface area contributed by atoms with Crippen molar-refractivity contribution >= 4 is 66.0 Å². The van der Waals surface area contributed by atoms with Crippen LogP contribution in [0.3, 0.4) is 0 Å². The lowest BCUT2D eigenvalue weighted by molar-refractivity contribution is -0.139. The molecule has 0 aromatic heterocycles. The number of rotatable bonds is 5. The molecule has 1 aliphatic heterocycles. The van der Waals surface area contributed by atoms with Gasteiger partial charge < -0.3 is 10.2 Å². The average Bonchev–Trinajstić information content (AvgIpc) is 2.77. The first-order chi connectivity index (χ1) is 16.4. The lowest BCUT2D eigenvalue weighted by atomic mass is 9.87. The number of allylic oxidation sites excluding steroid dienone is 1. The van der Waals surface area contributed by atoms with Gasteiger partial charge in [-0.25, -0.2) is 0 Å². The summed E-state index contributed by atoms with van der Waals surface area (Å²) in [4.78, 5) is 25.8. The Morgan fingerprint density at radius 3 is 2.23 bits per heavy atom. The second kappa shape index (κ2) is 11.3. The maximum absolute atomic E-state index is 13.7. The first kappa shape index (κ1) is 27.4. The first-order valence-electron chi connectivity index (χ1n) is 10.7. The number of likely N-dealkylation sites (tertiary alicyclic amines) is 1. The zero-order valence-electron chi connectivity index (χ0n) is 18.6. The molecule has 0 saturated carbocycles. The predicted octanol–water partition coefficient (Wildman–Crippen LogP) is 5.54. The average molecular weight is 544 g/mol. The highest BCUT2D eigenvalue weighted by atomic mass is 35.5. The van der Waals surface area contributed by atoms with Gasteiger partial charge in [-0.1, -0.05) is 64.6 Å². The molecule has 1 saturated heterocycles. The van der Waals surface area contributed by atoms with Crippen LogP contribution in [0.25, 0.3) is 6.08 Å². The number of hydrogen-bond donors (Lipinski definition) is 1. The molecule has 35 heavy (non-hydrogen) atoms. The van der Waals surface area contributed by atoms with Crippen LogP contribution in [0.2, 0.25) is 15.1 Å². The normalized spacial score (nSPS) is 15.9. The Morgan fingerprint density at radius 1 is 1.11 bits per heavy atom. The predicted molar refractivity (Wildman–Crippen MR) is 134 cm³/mol. The van der Waals surface area contributed by atoms with E-state index in [4.69, 9.17) is 42.6 Å². The molecule has 1 heterocycles. The van der Waals surface area contributed by atoms with Gasteiger partial charge in [-0.15, -0.1) is 0 Å². The minimum absolute atomic E-state index is 0.00214. The third-order valence-corrected chi connectivity index (χ3v) is 6.99. The van der Waals surface area contributed by atoms with Crippen LogP contribution in [0.5, 0.6) is 0 Å². The third-order valence-electron chi connectivity index (χ3n) is 5.79. The fourth-order valence-corrected chi connectivity index (χ4v) is 4.48. The van der Waals surface area contributed by atoms with Crippen LogP contribution in [0.4, 0.5) is 13.2 Å². The SMILES string of the molecule is [B]c1cc(/C=C/C(c2cc(Cl)c(Cl)c(Cl)c2)C(F)(F)F)ccc1C(=O)NC1CCN(C(C)=O)CC1. The van der Waals surface area contributed by atoms with E-state index in [1.165, 1.54) is 31.2 Å². The Kier molecular flexibility index (Phi) is 8.83. The number of amides is 2. The number of halogens is 6. The van der Waals surface area contributed by atoms with Gasteiger partial charge in [0.05, 0.1) is 21.0 Å². The van der Waals surface area contributed by atoms with E-state index in [1.807, 2.05) is 0 Å². The summed E-state index contributed by atoms with van der Waals surface area (Å²) >= 11 is 17.7. The van der Waals surface area contributed by atoms with E-state index in [2.05, 4.69) is 5.32 Å². The Bertz CT molecular complexity index is 1130. The molecule has 1 fully saturated rings. The topological polar surface area (TPSA) is 49.4 Å². The van der Waals surface area contributed by atoms with E-state index in [1.54, 1.807) is 4.90 Å². The van der Waals surface area contributed by atoms with Gasteiger partial charge in [0.2, 0.25) is 5.91 Å². The number of nitrogens with zero attached hydrogens (tertiary/aromatic N) is 1. The van der Waals surface area contributed by atoms with Crippen LogP contribution in [0.15, 0.2) is 36.4 Å². The number of carbonyl (C=O) groups is 2. The van der Waals surface area contributed by atoms with Gasteiger partial charge in [0.1, 0.15) is 7.85 Å². The molecule has 0 spiro atoms. The van der Waals surface area contributed by atoms with Crippen molar-refractivity contribution in [2.75, 3.05) is 13.1 Å². The van der Waals surface area contributed by atoms with Crippen molar-refractivity contribution in [3.8, 4) is 0 Å². The summed E-state index contributed by atoms with van der Waals surface area (Å²) in [7, 11) is 6.03. The summed E-state index contributed by atoms with van der Waals surface area (Å²) in [5.74, 6) is -2.37. The van der Waals surface area contributed by atoms with E-state index in [9.17, 15) is 22.8 Å². The van der Waals surface area contributed by atoms with Crippen molar-refractivity contribution in [2.45, 2.75) is 37.9 Å². The summed E-state index contributed by atoms with van der Waals surface area (Å²) in [6, 6.07) is 6.56. The molecule has 0 aliphatic carbocycles. The molecular weight excluding hydrogens is 522 g/mol. The van der Waals surface area contributed by atoms with Crippen LogP contribution < -0.4 is 10.8 Å². The Morgan fingerprint density at radius 2 is 1.71 bits per heavy atom. The van der Waals surface area contributed by atoms with Crippen molar-refractivity contribution in [1.29, 1.82) is 0 Å². The number of benzene rings is 2. The van der Waals surface area contributed by atoms with Crippen molar-refractivity contribution in [2.24, 2.45) is 0 Å². The van der Waals surface area contributed by atoms with Crippen LogP contribution in [0, 0.1) is 0 Å². The molecule has 2 amide bonds. The second-order valence-corrected chi connectivity index (χ2v) is 9.47. The van der Waals surface area contributed by atoms with Crippen LogP contribution in [-0.2, 0) is 4.79 Å². The molecule has 184 valence electrons. The minimum Gasteiger partial charge on any atom is -0.349 e. The highest BCUT2D eigenvalue weighted by Gasteiger charge is 2.39. The van der Waals surface area contributed by atoms with E-state index in [-0.39, 0.29) is 49.5 Å². The van der Waals surface area contributed by atoms with Crippen molar-refractivity contribution in [1.82, 2.24) is 10.2 Å². The molecular formula is C24H21BCl3F3N2O2. The molecule has 2 aromatic carbocycles. The number of hydrogen-bond acceptors (Lipinski definition) is 2. The zero-order valence-corrected chi connectivity index (χ0v) is 20.9. The van der Waals surface area contributed by atoms with Gasteiger partial charge in [0.25, 0.3) is 5.91 Å². The smallest absolute Gasteiger partial charge is 0.349 e. The highest BCUT2D eigenvalue weighted by Crippen LogP contribution is 2.41. The van der Waals surface area contributed by atoms with E-state index in [0.717, 1.165) is 18.2 Å². The standard InChI is InChI=1S/C24H21BCl3F3N2O2/c1-13(34)33-8-6-16(7-9-33)32-23(35)17-4-2-14(10-19(17)25)3-5-18(24(29,30)31)15-11-20(26)22(28)21(27)12-15/h2-5,10-12,16,18H,6-9H2,1H3,(H,32,35)/b5-3+. The lowest BCUT2D eigenvalue weighted by Gasteiger charge is -2.31. The fourth-order valence-electron chi connectivity index (χ4n) is 3.86. The largest absolute Gasteiger partial charge is 0.399 e. The van der Waals surface area contributed by atoms with Crippen molar-refractivity contribution < 1.29 is 22.8 Å². The maximum atomic E-state index is 13.7. The molecule has 11 heteroatoms. The number of carbonyl (C=O) groups excluding carboxylic acids is 2. The molecule has 0 bridgehead atoms. The van der Waals surface area contributed by atoms with E-state index >= 15 is 0 Å². The molecule has 1 aliphatic rings. The summed E-state index contributed by atoms with van der Waals surface area (Å²) in [5, 5.41) is 2.72. The molecule has 1 N–H and O–H groups in total. The van der Waals surface area contributed by atoms with Gasteiger partial charge in [-0.05, 0) is 42.2 Å². The van der Waals surface area contributed by atoms with Crippen LogP contribution in [-0.4, -0.2) is 49.9 Å². The molecule has 1 unspecified atom stereocenters. The maximum Gasteiger partial charge on any atom is 0.399 e. The van der Waals surface area contributed by atoms with Crippen LogP contribution in [0.1, 0.15) is 47.2 Å². The molecule has 3 rings (SSSR count). The van der Waals surface area contributed by atoms with Crippen molar-refractivity contribution in [3.05, 3.63) is 68.2 Å². The van der Waals surface area contributed by atoms with Gasteiger partial charge in [0, 0.05) is 31.6 Å². The van der Waals surface area contributed by atoms with Crippen LogP contribution >= 0.6 is 34.8 Å². The Hall–Kier alpha value is -2.16. The van der Waals surface area contributed by atoms with Gasteiger partial charge in [-0.3, -0.25) is 9.59 Å². The second-order valence-electron chi connectivity index (χ2n) is 8.28. The van der Waals surface area contributed by atoms with Gasteiger partial charge in [-0.2, -0.15) is 13.2 Å². The Labute approximate surface area is 217 Å². The number of piperidine rings is 1. The molecule has 1 atom stereocenters. The summed E-state index contributed by atoms with van der Waals surface area (Å²) in [5.41, 5.74) is 0.578. The van der Waals surface area contributed by atoms with Crippen molar-refractivity contribution in [3.63, 3.8) is 0 Å².